The van der Waals surface area contributed by atoms with Crippen molar-refractivity contribution in [2.75, 3.05) is 14.2 Å². The van der Waals surface area contributed by atoms with Gasteiger partial charge in [0.2, 0.25) is 5.91 Å². The Hall–Kier alpha value is -1.55. The predicted octanol–water partition coefficient (Wildman–Crippen LogP) is 2.54. The highest BCUT2D eigenvalue weighted by atomic mass is 16.5. The Bertz CT molecular complexity index is 516. The highest BCUT2D eigenvalue weighted by molar-refractivity contribution is 5.83. The number of carbonyl (C=O) groups is 1. The maximum Gasteiger partial charge on any atom is 0.229 e. The van der Waals surface area contributed by atoms with Gasteiger partial charge in [0.05, 0.1) is 13.0 Å². The van der Waals surface area contributed by atoms with Gasteiger partial charge < -0.3 is 15.0 Å². The van der Waals surface area contributed by atoms with E-state index in [1.54, 1.807) is 7.11 Å². The van der Waals surface area contributed by atoms with Crippen LogP contribution >= 0.6 is 0 Å². The van der Waals surface area contributed by atoms with Crippen LogP contribution < -0.4 is 10.1 Å². The Labute approximate surface area is 132 Å². The highest BCUT2D eigenvalue weighted by Crippen LogP contribution is 2.31. The molecule has 4 heteroatoms. The molecule has 0 aliphatic carbocycles. The first-order valence-corrected chi connectivity index (χ1v) is 8.25. The Morgan fingerprint density at radius 1 is 1.23 bits per heavy atom. The molecule has 1 aromatic carbocycles. The zero-order chi connectivity index (χ0) is 15.7. The summed E-state index contributed by atoms with van der Waals surface area (Å²) in [5.41, 5.74) is 1.05. The van der Waals surface area contributed by atoms with Gasteiger partial charge in [0.15, 0.2) is 0 Å². The molecule has 1 N–H and O–H groups in total. The number of fused-ring (bicyclic) bond motifs is 2. The molecule has 2 aliphatic heterocycles. The summed E-state index contributed by atoms with van der Waals surface area (Å²) in [6.07, 6.45) is 4.70. The van der Waals surface area contributed by atoms with Crippen molar-refractivity contribution in [1.82, 2.24) is 10.2 Å². The second-order valence-electron chi connectivity index (χ2n) is 6.71. The third-order valence-electron chi connectivity index (χ3n) is 5.33. The molecule has 2 heterocycles. The summed E-state index contributed by atoms with van der Waals surface area (Å²) in [5.74, 6) is 0.937. The van der Waals surface area contributed by atoms with Gasteiger partial charge in [0.1, 0.15) is 5.75 Å². The van der Waals surface area contributed by atoms with Crippen LogP contribution in [0, 0.1) is 0 Å². The number of nitrogens with one attached hydrogen (secondary N) is 1. The van der Waals surface area contributed by atoms with Crippen molar-refractivity contribution in [3.63, 3.8) is 0 Å². The van der Waals surface area contributed by atoms with E-state index in [4.69, 9.17) is 4.74 Å². The van der Waals surface area contributed by atoms with Crippen LogP contribution in [0.4, 0.5) is 0 Å². The summed E-state index contributed by atoms with van der Waals surface area (Å²) >= 11 is 0. The summed E-state index contributed by atoms with van der Waals surface area (Å²) in [5, 5.41) is 3.64. The smallest absolute Gasteiger partial charge is 0.229 e. The fourth-order valence-electron chi connectivity index (χ4n) is 3.86. The van der Waals surface area contributed by atoms with Crippen LogP contribution in [0.25, 0.3) is 0 Å². The molecule has 0 radical (unpaired) electrons. The minimum absolute atomic E-state index is 0.108. The zero-order valence-corrected chi connectivity index (χ0v) is 13.7. The lowest BCUT2D eigenvalue weighted by molar-refractivity contribution is -0.133. The molecule has 2 saturated heterocycles. The monoisotopic (exact) mass is 302 g/mol. The van der Waals surface area contributed by atoms with Gasteiger partial charge in [-0.1, -0.05) is 12.1 Å². The van der Waals surface area contributed by atoms with E-state index in [2.05, 4.69) is 5.32 Å². The first-order chi connectivity index (χ1) is 10.6. The molecule has 22 heavy (non-hydrogen) atoms. The van der Waals surface area contributed by atoms with Gasteiger partial charge in [0.25, 0.3) is 0 Å². The Morgan fingerprint density at radius 2 is 1.82 bits per heavy atom. The van der Waals surface area contributed by atoms with Gasteiger partial charge in [-0.2, -0.15) is 0 Å². The Morgan fingerprint density at radius 3 is 2.36 bits per heavy atom. The molecule has 1 amide bonds. The molecule has 2 aliphatic rings. The van der Waals surface area contributed by atoms with Crippen LogP contribution in [0.1, 0.15) is 44.1 Å². The highest BCUT2D eigenvalue weighted by Gasteiger charge is 2.37. The lowest BCUT2D eigenvalue weighted by Crippen LogP contribution is -2.49. The first kappa shape index (κ1) is 15.3. The van der Waals surface area contributed by atoms with Gasteiger partial charge in [-0.3, -0.25) is 4.79 Å². The van der Waals surface area contributed by atoms with E-state index in [9.17, 15) is 4.79 Å². The van der Waals surface area contributed by atoms with Crippen molar-refractivity contribution < 1.29 is 9.53 Å². The number of methoxy groups -OCH3 is 1. The lowest BCUT2D eigenvalue weighted by atomic mass is 9.95. The second kappa shape index (κ2) is 6.29. The molecule has 0 aromatic heterocycles. The van der Waals surface area contributed by atoms with E-state index in [1.807, 2.05) is 43.1 Å². The maximum atomic E-state index is 12.8. The summed E-state index contributed by atoms with van der Waals surface area (Å²) in [7, 11) is 3.63. The number of amides is 1. The average molecular weight is 302 g/mol. The number of carbonyl (C=O) groups excluding carboxylic acids is 1. The fraction of sp³-hybridized carbons (Fsp3) is 0.611. The summed E-state index contributed by atoms with van der Waals surface area (Å²) in [6.45, 7) is 2.00. The number of hydrogen-bond donors (Lipinski definition) is 1. The van der Waals surface area contributed by atoms with E-state index in [0.29, 0.717) is 18.1 Å². The lowest BCUT2D eigenvalue weighted by Gasteiger charge is -2.36. The number of benzene rings is 1. The molecular weight excluding hydrogens is 276 g/mol. The molecule has 2 fully saturated rings. The number of nitrogens with zero attached hydrogens (tertiary/aromatic N) is 1. The zero-order valence-electron chi connectivity index (χ0n) is 13.7. The van der Waals surface area contributed by atoms with Crippen molar-refractivity contribution in [3.8, 4) is 5.75 Å². The van der Waals surface area contributed by atoms with Gasteiger partial charge in [-0.05, 0) is 50.3 Å². The summed E-state index contributed by atoms with van der Waals surface area (Å²) in [4.78, 5) is 14.8. The third kappa shape index (κ3) is 2.98. The van der Waals surface area contributed by atoms with Crippen molar-refractivity contribution in [2.24, 2.45) is 0 Å². The number of piperidine rings is 1. The van der Waals surface area contributed by atoms with Crippen molar-refractivity contribution in [2.45, 2.75) is 56.7 Å². The first-order valence-electron chi connectivity index (χ1n) is 8.25. The van der Waals surface area contributed by atoms with E-state index in [1.165, 1.54) is 12.8 Å². The van der Waals surface area contributed by atoms with Gasteiger partial charge in [-0.25, -0.2) is 0 Å². The fourth-order valence-corrected chi connectivity index (χ4v) is 3.86. The predicted molar refractivity (Wildman–Crippen MR) is 87.1 cm³/mol. The van der Waals surface area contributed by atoms with E-state index >= 15 is 0 Å². The SMILES string of the molecule is COc1ccc(C(C)C(=O)N(C)C2CC3CCC(C2)N3)cc1. The summed E-state index contributed by atoms with van der Waals surface area (Å²) < 4.78 is 5.18. The Balaban J connectivity index is 1.66. The molecule has 4 nitrogen and oxygen atoms in total. The molecule has 3 atom stereocenters. The van der Waals surface area contributed by atoms with Crippen molar-refractivity contribution in [3.05, 3.63) is 29.8 Å². The Kier molecular flexibility index (Phi) is 4.39. The minimum Gasteiger partial charge on any atom is -0.497 e. The van der Waals surface area contributed by atoms with Crippen LogP contribution in [0.2, 0.25) is 0 Å². The molecule has 3 unspecified atom stereocenters. The number of rotatable bonds is 4. The maximum absolute atomic E-state index is 12.8. The van der Waals surface area contributed by atoms with E-state index in [0.717, 1.165) is 24.2 Å². The van der Waals surface area contributed by atoms with Crippen LogP contribution in [0.15, 0.2) is 24.3 Å². The van der Waals surface area contributed by atoms with Gasteiger partial charge in [0, 0.05) is 25.2 Å². The topological polar surface area (TPSA) is 41.6 Å². The van der Waals surface area contributed by atoms with E-state index in [-0.39, 0.29) is 11.8 Å². The molecule has 120 valence electrons. The van der Waals surface area contributed by atoms with Crippen molar-refractivity contribution in [1.29, 1.82) is 0 Å². The standard InChI is InChI=1S/C18H26N2O2/c1-12(13-4-8-17(22-3)9-5-13)18(21)20(2)16-10-14-6-7-15(11-16)19-14/h4-5,8-9,12,14-16,19H,6-7,10-11H2,1-3H3. The molecule has 2 bridgehead atoms. The van der Waals surface area contributed by atoms with Crippen LogP contribution in [0.3, 0.4) is 0 Å². The largest absolute Gasteiger partial charge is 0.497 e. The molecular formula is C18H26N2O2. The second-order valence-corrected chi connectivity index (χ2v) is 6.71. The molecule has 1 aromatic rings. The molecule has 3 rings (SSSR count). The van der Waals surface area contributed by atoms with E-state index < -0.39 is 0 Å². The minimum atomic E-state index is -0.108. The van der Waals surface area contributed by atoms with Crippen molar-refractivity contribution >= 4 is 5.91 Å². The molecule has 0 spiro atoms. The van der Waals surface area contributed by atoms with Gasteiger partial charge >= 0.3 is 0 Å². The third-order valence-corrected chi connectivity index (χ3v) is 5.33. The number of ether oxygens (including phenoxy) is 1. The van der Waals surface area contributed by atoms with Crippen LogP contribution in [-0.4, -0.2) is 43.1 Å². The number of likely N-dealkylation sites (N-methyl/N-ethyl adjacent to an activating group) is 1. The van der Waals surface area contributed by atoms with Gasteiger partial charge in [-0.15, -0.1) is 0 Å². The average Bonchev–Trinajstić information content (AvgIpc) is 2.90. The molecule has 0 saturated carbocycles. The summed E-state index contributed by atoms with van der Waals surface area (Å²) in [6, 6.07) is 9.41. The van der Waals surface area contributed by atoms with Crippen LogP contribution in [0.5, 0.6) is 5.75 Å². The normalized spacial score (nSPS) is 28.2. The quantitative estimate of drug-likeness (QED) is 0.929. The van der Waals surface area contributed by atoms with Crippen LogP contribution in [-0.2, 0) is 4.79 Å². The number of hydrogen-bond acceptors (Lipinski definition) is 3.